The summed E-state index contributed by atoms with van der Waals surface area (Å²) in [5, 5.41) is 33.3. The van der Waals surface area contributed by atoms with Crippen LogP contribution < -0.4 is 10.5 Å². The van der Waals surface area contributed by atoms with Crippen LogP contribution in [0.2, 0.25) is 0 Å². The molecule has 0 amide bonds. The topological polar surface area (TPSA) is 80.0 Å². The van der Waals surface area contributed by atoms with Crippen LogP contribution >= 0.6 is 23.2 Å². The molecular formula is C22H20Cl2N2O3. The van der Waals surface area contributed by atoms with E-state index in [4.69, 9.17) is 23.2 Å². The van der Waals surface area contributed by atoms with E-state index >= 15 is 0 Å². The highest BCUT2D eigenvalue weighted by atomic mass is 35.5. The first-order valence-electron chi connectivity index (χ1n) is 9.21. The van der Waals surface area contributed by atoms with Gasteiger partial charge in [0.2, 0.25) is 0 Å². The van der Waals surface area contributed by atoms with Crippen molar-refractivity contribution in [3.05, 3.63) is 100 Å². The third kappa shape index (κ3) is 3.85. The molecule has 1 aliphatic rings. The summed E-state index contributed by atoms with van der Waals surface area (Å²) in [5.74, 6) is 0. The Morgan fingerprint density at radius 3 is 2.17 bits per heavy atom. The van der Waals surface area contributed by atoms with Crippen LogP contribution in [-0.4, -0.2) is 10.3 Å². The number of rotatable bonds is 5. The SMILES string of the molecule is [O-][NH+](O)c1cc2c(cc1[C@H](Cl)[C@H](Cl)c1ccccc1)[C@@H](O)[C@@H](c1ccccc1)N2. The average Bonchev–Trinajstić information content (AvgIpc) is 3.08. The van der Waals surface area contributed by atoms with Crippen molar-refractivity contribution in [1.82, 2.24) is 0 Å². The zero-order valence-corrected chi connectivity index (χ0v) is 16.8. The Labute approximate surface area is 178 Å². The molecule has 3 aromatic carbocycles. The maximum absolute atomic E-state index is 11.9. The van der Waals surface area contributed by atoms with Gasteiger partial charge in [0, 0.05) is 22.9 Å². The van der Waals surface area contributed by atoms with Crippen molar-refractivity contribution in [3.8, 4) is 0 Å². The molecule has 0 aliphatic carbocycles. The van der Waals surface area contributed by atoms with Gasteiger partial charge in [-0.2, -0.15) is 5.23 Å². The second-order valence-corrected chi connectivity index (χ2v) is 7.96. The summed E-state index contributed by atoms with van der Waals surface area (Å²) < 4.78 is 0. The van der Waals surface area contributed by atoms with E-state index in [0.717, 1.165) is 11.1 Å². The zero-order valence-electron chi connectivity index (χ0n) is 15.3. The number of hydrogen-bond acceptors (Lipinski definition) is 4. The van der Waals surface area contributed by atoms with Gasteiger partial charge >= 0.3 is 0 Å². The first-order chi connectivity index (χ1) is 14.0. The molecule has 150 valence electrons. The van der Waals surface area contributed by atoms with Crippen LogP contribution in [0, 0.1) is 5.21 Å². The molecule has 0 saturated heterocycles. The van der Waals surface area contributed by atoms with Gasteiger partial charge < -0.3 is 15.6 Å². The molecule has 0 spiro atoms. The number of nitrogens with one attached hydrogen (secondary N) is 2. The summed E-state index contributed by atoms with van der Waals surface area (Å²) >= 11 is 13.2. The van der Waals surface area contributed by atoms with Crippen LogP contribution in [0.4, 0.5) is 11.4 Å². The Bertz CT molecular complexity index is 986. The van der Waals surface area contributed by atoms with E-state index in [1.165, 1.54) is 6.07 Å². The van der Waals surface area contributed by atoms with Crippen molar-refractivity contribution in [2.24, 2.45) is 0 Å². The van der Waals surface area contributed by atoms with E-state index in [1.54, 1.807) is 6.07 Å². The number of hydrogen-bond donors (Lipinski definition) is 4. The van der Waals surface area contributed by atoms with Gasteiger partial charge in [0.1, 0.15) is 6.10 Å². The van der Waals surface area contributed by atoms with Crippen molar-refractivity contribution in [1.29, 1.82) is 0 Å². The molecule has 29 heavy (non-hydrogen) atoms. The van der Waals surface area contributed by atoms with Crippen molar-refractivity contribution in [2.45, 2.75) is 22.9 Å². The van der Waals surface area contributed by atoms with Crippen LogP contribution in [0.5, 0.6) is 0 Å². The van der Waals surface area contributed by atoms with Crippen molar-refractivity contribution in [2.75, 3.05) is 5.32 Å². The number of benzene rings is 3. The van der Waals surface area contributed by atoms with Crippen LogP contribution in [0.15, 0.2) is 72.8 Å². The minimum Gasteiger partial charge on any atom is -0.595 e. The highest BCUT2D eigenvalue weighted by molar-refractivity contribution is 6.30. The summed E-state index contributed by atoms with van der Waals surface area (Å²) in [6, 6.07) is 21.6. The van der Waals surface area contributed by atoms with Gasteiger partial charge in [-0.05, 0) is 17.2 Å². The first kappa shape index (κ1) is 20.2. The summed E-state index contributed by atoms with van der Waals surface area (Å²) in [6.45, 7) is 0. The van der Waals surface area contributed by atoms with Crippen LogP contribution in [0.25, 0.3) is 0 Å². The lowest BCUT2D eigenvalue weighted by atomic mass is 9.95. The summed E-state index contributed by atoms with van der Waals surface area (Å²) in [6.07, 6.45) is -0.830. The molecule has 0 fully saturated rings. The molecule has 1 unspecified atom stereocenters. The van der Waals surface area contributed by atoms with E-state index in [-0.39, 0.29) is 11.7 Å². The fourth-order valence-electron chi connectivity index (χ4n) is 3.73. The monoisotopic (exact) mass is 430 g/mol. The van der Waals surface area contributed by atoms with Crippen LogP contribution in [-0.2, 0) is 0 Å². The molecule has 1 heterocycles. The molecule has 0 radical (unpaired) electrons. The zero-order chi connectivity index (χ0) is 20.5. The smallest absolute Gasteiger partial charge is 0.170 e. The number of halogens is 2. The van der Waals surface area contributed by atoms with E-state index in [2.05, 4.69) is 5.32 Å². The van der Waals surface area contributed by atoms with E-state index in [9.17, 15) is 15.5 Å². The van der Waals surface area contributed by atoms with E-state index in [0.29, 0.717) is 16.8 Å². The third-order valence-corrected chi connectivity index (χ3v) is 6.35. The Kier molecular flexibility index (Phi) is 5.79. The van der Waals surface area contributed by atoms with Gasteiger partial charge in [-0.15, -0.1) is 23.2 Å². The number of aliphatic hydroxyl groups excluding tert-OH is 1. The Morgan fingerprint density at radius 2 is 1.55 bits per heavy atom. The fraction of sp³-hybridized carbons (Fsp3) is 0.182. The first-order valence-corrected chi connectivity index (χ1v) is 10.1. The lowest BCUT2D eigenvalue weighted by Gasteiger charge is -2.23. The van der Waals surface area contributed by atoms with Crippen molar-refractivity contribution < 1.29 is 15.5 Å². The minimum atomic E-state index is -1.09. The standard InChI is InChI=1S/C22H20Cl2N2O3/c23-19(13-7-3-1-4-8-13)20(24)16-11-15-17(12-18(16)26(28)29)25-21(22(15)27)14-9-5-2-6-10-14/h1-12,19-22,25-28H/t19-,20+,21-,22-/m1/s1. The highest BCUT2D eigenvalue weighted by Crippen LogP contribution is 2.48. The normalized spacial score (nSPS) is 21.1. The van der Waals surface area contributed by atoms with Crippen molar-refractivity contribution >= 4 is 34.6 Å². The molecule has 4 rings (SSSR count). The predicted octanol–water partition coefficient (Wildman–Crippen LogP) is 4.55. The molecule has 5 atom stereocenters. The summed E-state index contributed by atoms with van der Waals surface area (Å²) in [4.78, 5) is 0. The Hall–Kier alpha value is -2.12. The third-order valence-electron chi connectivity index (χ3n) is 5.23. The van der Waals surface area contributed by atoms with Gasteiger partial charge in [0.25, 0.3) is 0 Å². The molecule has 4 N–H and O–H groups in total. The van der Waals surface area contributed by atoms with Crippen molar-refractivity contribution in [3.63, 3.8) is 0 Å². The second-order valence-electron chi connectivity index (χ2n) is 7.02. The summed E-state index contributed by atoms with van der Waals surface area (Å²) in [5.41, 5.74) is 3.36. The number of fused-ring (bicyclic) bond motifs is 1. The van der Waals surface area contributed by atoms with E-state index in [1.807, 2.05) is 60.7 Å². The molecule has 5 nitrogen and oxygen atoms in total. The van der Waals surface area contributed by atoms with Gasteiger partial charge in [0.05, 0.1) is 16.8 Å². The lowest BCUT2D eigenvalue weighted by molar-refractivity contribution is -0.991. The molecule has 7 heteroatoms. The maximum Gasteiger partial charge on any atom is 0.170 e. The van der Waals surface area contributed by atoms with Crippen LogP contribution in [0.3, 0.4) is 0 Å². The predicted molar refractivity (Wildman–Crippen MR) is 114 cm³/mol. The minimum absolute atomic E-state index is 0.0683. The molecule has 0 aromatic heterocycles. The van der Waals surface area contributed by atoms with Crippen LogP contribution in [0.1, 0.15) is 45.2 Å². The van der Waals surface area contributed by atoms with Gasteiger partial charge in [-0.1, -0.05) is 60.7 Å². The number of aliphatic hydroxyl groups is 1. The number of quaternary nitrogens is 1. The average molecular weight is 431 g/mol. The number of alkyl halides is 2. The molecule has 0 saturated carbocycles. The summed E-state index contributed by atoms with van der Waals surface area (Å²) in [7, 11) is 0. The lowest BCUT2D eigenvalue weighted by Crippen LogP contribution is -2.99. The molecular weight excluding hydrogens is 411 g/mol. The molecule has 0 bridgehead atoms. The second kappa shape index (κ2) is 8.32. The number of anilines is 1. The van der Waals surface area contributed by atoms with Gasteiger partial charge in [0.15, 0.2) is 5.69 Å². The highest BCUT2D eigenvalue weighted by Gasteiger charge is 2.35. The fourth-order valence-corrected chi connectivity index (χ4v) is 4.34. The quantitative estimate of drug-likeness (QED) is 0.353. The molecule has 3 aromatic rings. The largest absolute Gasteiger partial charge is 0.595 e. The molecule has 1 aliphatic heterocycles. The van der Waals surface area contributed by atoms with Gasteiger partial charge in [-0.25, -0.2) is 5.21 Å². The van der Waals surface area contributed by atoms with Gasteiger partial charge in [-0.3, -0.25) is 0 Å². The van der Waals surface area contributed by atoms with E-state index < -0.39 is 22.1 Å². The Balaban J connectivity index is 1.73. The Morgan fingerprint density at radius 1 is 0.931 bits per heavy atom. The maximum atomic E-state index is 11.9.